The molecule has 3 amide bonds. The van der Waals surface area contributed by atoms with E-state index in [0.29, 0.717) is 0 Å². The number of thiazole rings is 1. The largest absolute Gasteiger partial charge is 1.00 e. The summed E-state index contributed by atoms with van der Waals surface area (Å²) in [6.07, 6.45) is 0. The maximum absolute atomic E-state index is 12.3. The molecule has 1 saturated heterocycles. The Balaban J connectivity index is 0.00000364. The normalized spacial score (nSPS) is 16.9. The van der Waals surface area contributed by atoms with Gasteiger partial charge in [0.15, 0.2) is 10.8 Å². The van der Waals surface area contributed by atoms with E-state index in [1.54, 1.807) is 0 Å². The second-order valence-electron chi connectivity index (χ2n) is 4.72. The fourth-order valence-electron chi connectivity index (χ4n) is 1.83. The molecule has 0 bridgehead atoms. The Morgan fingerprint density at radius 2 is 2.26 bits per heavy atom. The number of rotatable bonds is 7. The number of hydrogen-bond donors (Lipinski definition) is 3. The van der Waals surface area contributed by atoms with Gasteiger partial charge in [0.25, 0.3) is 11.8 Å². The van der Waals surface area contributed by atoms with Crippen molar-refractivity contribution in [2.24, 2.45) is 5.16 Å². The summed E-state index contributed by atoms with van der Waals surface area (Å²) < 4.78 is 30.8. The number of nitrogens with zero attached hydrogens (tertiary/aromatic N) is 3. The molecule has 2 rings (SSSR count). The van der Waals surface area contributed by atoms with Crippen LogP contribution in [0.1, 0.15) is 7.12 Å². The number of alkyl halides is 1. The van der Waals surface area contributed by atoms with E-state index in [1.165, 1.54) is 12.5 Å². The Kier molecular flexibility index (Phi) is 8.59. The van der Waals surface area contributed by atoms with Crippen LogP contribution in [0.25, 0.3) is 0 Å². The van der Waals surface area contributed by atoms with Crippen molar-refractivity contribution in [2.45, 2.75) is 6.04 Å². The fourth-order valence-corrected chi connectivity index (χ4v) is 3.30. The predicted molar refractivity (Wildman–Crippen MR) is 91.3 cm³/mol. The summed E-state index contributed by atoms with van der Waals surface area (Å²) in [5.41, 5.74) is -0.245. The summed E-state index contributed by atoms with van der Waals surface area (Å²) in [6, 6.07) is -1.15. The summed E-state index contributed by atoms with van der Waals surface area (Å²) in [5, 5.41) is 9.75. The second kappa shape index (κ2) is 9.77. The number of aromatic nitrogens is 1. The molecule has 0 spiro atoms. The molecule has 0 radical (unpaired) electrons. The molecule has 1 aromatic rings. The first-order valence-corrected chi connectivity index (χ1v) is 9.51. The SMILES string of the molecule is CON=C(C(=O)NC1CN(S(=O)(=O)O)C1=O)c1csc(NC(=O)CCl)n1.[H-].[Na+]. The van der Waals surface area contributed by atoms with Crippen molar-refractivity contribution < 1.29 is 63.2 Å². The van der Waals surface area contributed by atoms with Crippen LogP contribution in [0.15, 0.2) is 10.5 Å². The number of carbonyl (C=O) groups excluding carboxylic acids is 3. The third kappa shape index (κ3) is 5.84. The van der Waals surface area contributed by atoms with Gasteiger partial charge in [-0.15, -0.1) is 22.9 Å². The van der Waals surface area contributed by atoms with E-state index in [1.807, 2.05) is 0 Å². The van der Waals surface area contributed by atoms with Crippen molar-refractivity contribution in [3.63, 3.8) is 0 Å². The maximum Gasteiger partial charge on any atom is 1.00 e. The Bertz CT molecular complexity index is 880. The number of β-lactam (4-membered cyclic amide) rings is 1. The van der Waals surface area contributed by atoms with E-state index in [0.717, 1.165) is 11.3 Å². The van der Waals surface area contributed by atoms with Crippen LogP contribution in [0.2, 0.25) is 0 Å². The summed E-state index contributed by atoms with van der Waals surface area (Å²) in [5.74, 6) is -2.62. The number of amides is 3. The first-order valence-electron chi connectivity index (χ1n) is 6.70. The smallest absolute Gasteiger partial charge is 1.00 e. The number of nitrogens with one attached hydrogen (secondary N) is 2. The van der Waals surface area contributed by atoms with Gasteiger partial charge in [0.1, 0.15) is 24.7 Å². The zero-order valence-corrected chi connectivity index (χ0v) is 18.4. The van der Waals surface area contributed by atoms with Crippen molar-refractivity contribution in [3.8, 4) is 0 Å². The number of hydrogen-bond acceptors (Lipinski definition) is 9. The Labute approximate surface area is 185 Å². The molecule has 1 aromatic heterocycles. The Morgan fingerprint density at radius 3 is 2.78 bits per heavy atom. The van der Waals surface area contributed by atoms with Crippen LogP contribution in [0.5, 0.6) is 0 Å². The quantitative estimate of drug-likeness (QED) is 0.0942. The average molecular weight is 450 g/mol. The molecule has 3 N–H and O–H groups in total. The molecule has 27 heavy (non-hydrogen) atoms. The van der Waals surface area contributed by atoms with Gasteiger partial charge in [0.05, 0.1) is 6.54 Å². The summed E-state index contributed by atoms with van der Waals surface area (Å²) in [7, 11) is -3.48. The third-order valence-corrected chi connectivity index (χ3v) is 4.87. The number of carbonyl (C=O) groups is 3. The van der Waals surface area contributed by atoms with E-state index in [4.69, 9.17) is 16.2 Å². The molecule has 12 nitrogen and oxygen atoms in total. The number of oxime groups is 1. The zero-order chi connectivity index (χ0) is 19.5. The topological polar surface area (TPSA) is 167 Å². The van der Waals surface area contributed by atoms with Gasteiger partial charge in [-0.1, -0.05) is 5.16 Å². The van der Waals surface area contributed by atoms with E-state index in [-0.39, 0.29) is 57.7 Å². The van der Waals surface area contributed by atoms with Crippen molar-refractivity contribution in [1.82, 2.24) is 14.6 Å². The van der Waals surface area contributed by atoms with Crippen LogP contribution in [0.4, 0.5) is 5.13 Å². The minimum Gasteiger partial charge on any atom is -1.00 e. The Morgan fingerprint density at radius 1 is 1.59 bits per heavy atom. The minimum atomic E-state index is -4.66. The molecule has 1 fully saturated rings. The van der Waals surface area contributed by atoms with Gasteiger partial charge in [-0.05, 0) is 0 Å². The predicted octanol–water partition coefficient (Wildman–Crippen LogP) is -4.08. The molecule has 0 aliphatic carbocycles. The van der Waals surface area contributed by atoms with Gasteiger partial charge < -0.3 is 16.9 Å². The van der Waals surface area contributed by atoms with Gasteiger partial charge in [0.2, 0.25) is 5.91 Å². The number of anilines is 1. The minimum absolute atomic E-state index is 0. The van der Waals surface area contributed by atoms with E-state index >= 15 is 0 Å². The Hall–Kier alpha value is -1.29. The average Bonchev–Trinajstić information content (AvgIpc) is 3.02. The van der Waals surface area contributed by atoms with Crippen LogP contribution >= 0.6 is 22.9 Å². The molecule has 1 aliphatic rings. The molecular formula is C11H13ClN5NaO7S2. The van der Waals surface area contributed by atoms with E-state index < -0.39 is 40.6 Å². The van der Waals surface area contributed by atoms with E-state index in [9.17, 15) is 22.8 Å². The summed E-state index contributed by atoms with van der Waals surface area (Å²) in [4.78, 5) is 43.7. The molecule has 0 saturated carbocycles. The van der Waals surface area contributed by atoms with Crippen molar-refractivity contribution in [1.29, 1.82) is 0 Å². The molecular weight excluding hydrogens is 437 g/mol. The molecule has 16 heteroatoms. The first-order chi connectivity index (χ1) is 12.2. The van der Waals surface area contributed by atoms with E-state index in [2.05, 4.69) is 25.6 Å². The molecule has 1 aliphatic heterocycles. The van der Waals surface area contributed by atoms with Gasteiger partial charge in [-0.25, -0.2) is 9.29 Å². The molecule has 1 atom stereocenters. The van der Waals surface area contributed by atoms with Crippen molar-refractivity contribution >= 4 is 61.8 Å². The van der Waals surface area contributed by atoms with Crippen LogP contribution in [-0.2, 0) is 29.5 Å². The van der Waals surface area contributed by atoms with Crippen LogP contribution in [-0.4, -0.2) is 71.3 Å². The molecule has 0 aromatic carbocycles. The molecule has 1 unspecified atom stereocenters. The summed E-state index contributed by atoms with van der Waals surface area (Å²) in [6.45, 7) is -0.419. The third-order valence-electron chi connectivity index (χ3n) is 2.99. The molecule has 144 valence electrons. The summed E-state index contributed by atoms with van der Waals surface area (Å²) >= 11 is 6.37. The second-order valence-corrected chi connectivity index (χ2v) is 7.18. The van der Waals surface area contributed by atoms with Gasteiger partial charge in [-0.3, -0.25) is 18.9 Å². The zero-order valence-electron chi connectivity index (χ0n) is 15.0. The molecule has 2 heterocycles. The van der Waals surface area contributed by atoms with Crippen molar-refractivity contribution in [3.05, 3.63) is 11.1 Å². The monoisotopic (exact) mass is 449 g/mol. The fraction of sp³-hybridized carbons (Fsp3) is 0.364. The number of halogens is 1. The van der Waals surface area contributed by atoms with Gasteiger partial charge >= 0.3 is 39.9 Å². The van der Waals surface area contributed by atoms with Crippen molar-refractivity contribution in [2.75, 3.05) is 24.9 Å². The van der Waals surface area contributed by atoms with Crippen LogP contribution in [0, 0.1) is 0 Å². The van der Waals surface area contributed by atoms with Crippen LogP contribution < -0.4 is 40.2 Å². The van der Waals surface area contributed by atoms with Gasteiger partial charge in [-0.2, -0.15) is 8.42 Å². The maximum atomic E-state index is 12.3. The van der Waals surface area contributed by atoms with Crippen LogP contribution in [0.3, 0.4) is 0 Å². The van der Waals surface area contributed by atoms with Gasteiger partial charge in [0, 0.05) is 5.38 Å². The first kappa shape index (κ1) is 23.7. The standard InChI is InChI=1S/C11H12ClN5O7S2.Na.H/c1-24-16-8(6-4-25-11(14-6)15-7(18)2-12)9(19)13-5-3-17(10(5)20)26(21,22)23;;/h4-5H,2-3H2,1H3,(H,13,19)(H,14,15,18)(H,21,22,23);;/q;+1;-1.